The Bertz CT molecular complexity index is 643. The molecule has 110 valence electrons. The van der Waals surface area contributed by atoms with Crippen LogP contribution in [0.15, 0.2) is 30.9 Å². The summed E-state index contributed by atoms with van der Waals surface area (Å²) in [5.41, 5.74) is 1.38. The molecule has 2 heterocycles. The third-order valence-electron chi connectivity index (χ3n) is 3.74. The number of nitrogens with one attached hydrogen (secondary N) is 2. The van der Waals surface area contributed by atoms with Gasteiger partial charge in [0.1, 0.15) is 12.7 Å². The van der Waals surface area contributed by atoms with E-state index in [0.29, 0.717) is 10.7 Å². The fraction of sp³-hybridized carbons (Fsp3) is 0.357. The third-order valence-corrected chi connectivity index (χ3v) is 3.98. The van der Waals surface area contributed by atoms with E-state index in [4.69, 9.17) is 11.6 Å². The van der Waals surface area contributed by atoms with Gasteiger partial charge in [0.15, 0.2) is 0 Å². The van der Waals surface area contributed by atoms with Gasteiger partial charge in [-0.15, -0.1) is 0 Å². The minimum Gasteiger partial charge on any atom is -0.324 e. The minimum absolute atomic E-state index is 0.00358. The fourth-order valence-corrected chi connectivity index (χ4v) is 2.76. The lowest BCUT2D eigenvalue weighted by molar-refractivity contribution is -0.120. The van der Waals surface area contributed by atoms with Crippen LogP contribution in [0, 0.1) is 5.92 Å². The van der Waals surface area contributed by atoms with Crippen LogP contribution in [0.25, 0.3) is 5.69 Å². The van der Waals surface area contributed by atoms with E-state index in [1.165, 1.54) is 6.33 Å². The maximum Gasteiger partial charge on any atom is 0.229 e. The quantitative estimate of drug-likeness (QED) is 0.908. The zero-order valence-corrected chi connectivity index (χ0v) is 12.3. The predicted molar refractivity (Wildman–Crippen MR) is 80.6 cm³/mol. The summed E-state index contributed by atoms with van der Waals surface area (Å²) in [6, 6.07) is 5.47. The molecule has 3 rings (SSSR count). The van der Waals surface area contributed by atoms with Crippen LogP contribution >= 0.6 is 11.6 Å². The van der Waals surface area contributed by atoms with Crippen molar-refractivity contribution < 1.29 is 4.79 Å². The van der Waals surface area contributed by atoms with Gasteiger partial charge in [-0.1, -0.05) is 11.6 Å². The molecule has 0 spiro atoms. The number of anilines is 1. The Kier molecular flexibility index (Phi) is 3.90. The summed E-state index contributed by atoms with van der Waals surface area (Å²) < 4.78 is 1.60. The average molecular weight is 306 g/mol. The first-order chi connectivity index (χ1) is 10.1. The van der Waals surface area contributed by atoms with Gasteiger partial charge >= 0.3 is 0 Å². The predicted octanol–water partition coefficient (Wildman–Crippen LogP) is 1.86. The number of benzene rings is 1. The molecule has 0 aliphatic carbocycles. The molecule has 1 aromatic carbocycles. The number of hydrogen-bond acceptors (Lipinski definition) is 4. The normalized spacial score (nSPS) is 21.4. The second kappa shape index (κ2) is 5.83. The molecule has 2 atom stereocenters. The van der Waals surface area contributed by atoms with Crippen molar-refractivity contribution in [3.05, 3.63) is 35.9 Å². The first-order valence-corrected chi connectivity index (χ1v) is 7.22. The molecule has 1 aliphatic rings. The number of carbonyl (C=O) groups is 1. The van der Waals surface area contributed by atoms with Gasteiger partial charge in [-0.05, 0) is 38.1 Å². The van der Waals surface area contributed by atoms with Crippen molar-refractivity contribution in [2.45, 2.75) is 19.4 Å². The molecule has 7 heteroatoms. The molecule has 1 aliphatic heterocycles. The van der Waals surface area contributed by atoms with Crippen LogP contribution in [0.1, 0.15) is 13.3 Å². The van der Waals surface area contributed by atoms with Gasteiger partial charge in [-0.2, -0.15) is 5.10 Å². The first-order valence-electron chi connectivity index (χ1n) is 6.84. The number of nitrogens with zero attached hydrogens (tertiary/aromatic N) is 3. The van der Waals surface area contributed by atoms with Gasteiger partial charge in [-0.3, -0.25) is 4.79 Å². The lowest BCUT2D eigenvalue weighted by Gasteiger charge is -2.17. The van der Waals surface area contributed by atoms with Gasteiger partial charge < -0.3 is 10.6 Å². The van der Waals surface area contributed by atoms with Gasteiger partial charge in [0.05, 0.1) is 17.3 Å². The summed E-state index contributed by atoms with van der Waals surface area (Å²) in [5, 5.41) is 10.9. The summed E-state index contributed by atoms with van der Waals surface area (Å²) in [6.07, 6.45) is 3.87. The first kappa shape index (κ1) is 14.0. The van der Waals surface area contributed by atoms with Crippen LogP contribution in [0.3, 0.4) is 0 Å². The molecule has 0 radical (unpaired) electrons. The Morgan fingerprint density at radius 1 is 1.52 bits per heavy atom. The number of halogens is 1. The highest BCUT2D eigenvalue weighted by molar-refractivity contribution is 6.31. The van der Waals surface area contributed by atoms with Crippen molar-refractivity contribution in [2.75, 3.05) is 11.9 Å². The maximum absolute atomic E-state index is 12.4. The lowest BCUT2D eigenvalue weighted by Crippen LogP contribution is -2.32. The molecule has 21 heavy (non-hydrogen) atoms. The van der Waals surface area contributed by atoms with Gasteiger partial charge in [0.2, 0.25) is 5.91 Å². The monoisotopic (exact) mass is 305 g/mol. The number of hydrogen-bond donors (Lipinski definition) is 2. The van der Waals surface area contributed by atoms with Crippen LogP contribution in [0.2, 0.25) is 5.02 Å². The molecule has 1 amide bonds. The Morgan fingerprint density at radius 2 is 2.38 bits per heavy atom. The molecule has 0 saturated carbocycles. The molecule has 2 aromatic rings. The Balaban J connectivity index is 1.87. The van der Waals surface area contributed by atoms with Crippen molar-refractivity contribution >= 4 is 23.2 Å². The Hall–Kier alpha value is -1.92. The van der Waals surface area contributed by atoms with Crippen LogP contribution in [0.5, 0.6) is 0 Å². The maximum atomic E-state index is 12.4. The largest absolute Gasteiger partial charge is 0.324 e. The summed E-state index contributed by atoms with van der Waals surface area (Å²) in [5.74, 6) is -0.0382. The Morgan fingerprint density at radius 3 is 3.05 bits per heavy atom. The van der Waals surface area contributed by atoms with Crippen LogP contribution in [-0.4, -0.2) is 33.3 Å². The van der Waals surface area contributed by atoms with Crippen molar-refractivity contribution in [1.29, 1.82) is 0 Å². The standard InChI is InChI=1S/C14H16ClN5O/c1-9-11(4-5-17-9)14(21)19-12-6-10(15)2-3-13(12)20-8-16-7-18-20/h2-3,6-9,11,17H,4-5H2,1H3,(H,19,21). The molecule has 1 aromatic heterocycles. The van der Waals surface area contributed by atoms with Crippen molar-refractivity contribution in [3.63, 3.8) is 0 Å². The highest BCUT2D eigenvalue weighted by Crippen LogP contribution is 2.26. The fourth-order valence-electron chi connectivity index (χ4n) is 2.58. The number of aromatic nitrogens is 3. The second-order valence-electron chi connectivity index (χ2n) is 5.13. The Labute approximate surface area is 127 Å². The molecular formula is C14H16ClN5O. The van der Waals surface area contributed by atoms with E-state index < -0.39 is 0 Å². The summed E-state index contributed by atoms with van der Waals surface area (Å²) >= 11 is 6.04. The SMILES string of the molecule is CC1NCCC1C(=O)Nc1cc(Cl)ccc1-n1cncn1. The van der Waals surface area contributed by atoms with E-state index in [0.717, 1.165) is 18.7 Å². The molecule has 0 bridgehead atoms. The van der Waals surface area contributed by atoms with Gasteiger partial charge in [0, 0.05) is 11.1 Å². The second-order valence-corrected chi connectivity index (χ2v) is 5.57. The lowest BCUT2D eigenvalue weighted by atomic mass is 10.0. The summed E-state index contributed by atoms with van der Waals surface area (Å²) in [7, 11) is 0. The summed E-state index contributed by atoms with van der Waals surface area (Å²) in [6.45, 7) is 2.89. The van der Waals surface area contributed by atoms with Crippen molar-refractivity contribution in [2.24, 2.45) is 5.92 Å². The third kappa shape index (κ3) is 2.91. The number of amides is 1. The van der Waals surface area contributed by atoms with E-state index in [1.54, 1.807) is 23.1 Å². The average Bonchev–Trinajstić information content (AvgIpc) is 3.10. The van der Waals surface area contributed by atoms with Gasteiger partial charge in [-0.25, -0.2) is 9.67 Å². The van der Waals surface area contributed by atoms with Crippen LogP contribution in [0.4, 0.5) is 5.69 Å². The van der Waals surface area contributed by atoms with E-state index >= 15 is 0 Å². The smallest absolute Gasteiger partial charge is 0.229 e. The molecular weight excluding hydrogens is 290 g/mol. The topological polar surface area (TPSA) is 71.8 Å². The summed E-state index contributed by atoms with van der Waals surface area (Å²) in [4.78, 5) is 16.3. The van der Waals surface area contributed by atoms with Crippen LogP contribution in [-0.2, 0) is 4.79 Å². The van der Waals surface area contributed by atoms with Crippen molar-refractivity contribution in [1.82, 2.24) is 20.1 Å². The highest BCUT2D eigenvalue weighted by atomic mass is 35.5. The van der Waals surface area contributed by atoms with E-state index in [9.17, 15) is 4.79 Å². The van der Waals surface area contributed by atoms with Gasteiger partial charge in [0.25, 0.3) is 0 Å². The molecule has 2 unspecified atom stereocenters. The molecule has 1 fully saturated rings. The zero-order valence-electron chi connectivity index (χ0n) is 11.6. The van der Waals surface area contributed by atoms with E-state index in [2.05, 4.69) is 20.7 Å². The molecule has 2 N–H and O–H groups in total. The van der Waals surface area contributed by atoms with Crippen LogP contribution < -0.4 is 10.6 Å². The van der Waals surface area contributed by atoms with E-state index in [1.807, 2.05) is 13.0 Å². The zero-order chi connectivity index (χ0) is 14.8. The molecule has 6 nitrogen and oxygen atoms in total. The van der Waals surface area contributed by atoms with E-state index in [-0.39, 0.29) is 17.9 Å². The molecule has 1 saturated heterocycles. The number of rotatable bonds is 3. The van der Waals surface area contributed by atoms with Crippen molar-refractivity contribution in [3.8, 4) is 5.69 Å². The highest BCUT2D eigenvalue weighted by Gasteiger charge is 2.29. The number of carbonyl (C=O) groups excluding carboxylic acids is 1. The minimum atomic E-state index is -0.0346.